The highest BCUT2D eigenvalue weighted by molar-refractivity contribution is 5.01. The molecule has 0 aliphatic heterocycles. The van der Waals surface area contributed by atoms with Crippen molar-refractivity contribution in [3.63, 3.8) is 0 Å². The Morgan fingerprint density at radius 1 is 1.45 bits per heavy atom. The fourth-order valence-electron chi connectivity index (χ4n) is 0.357. The molecule has 0 N–H and O–H groups in total. The molecule has 0 aromatic carbocycles. The lowest BCUT2D eigenvalue weighted by atomic mass is 10.4. The molecule has 0 spiro atoms. The van der Waals surface area contributed by atoms with Crippen molar-refractivity contribution < 1.29 is 17.9 Å². The van der Waals surface area contributed by atoms with Gasteiger partial charge in [0, 0.05) is 0 Å². The molecule has 4 heteroatoms. The van der Waals surface area contributed by atoms with E-state index < -0.39 is 19.2 Å². The van der Waals surface area contributed by atoms with Gasteiger partial charge in [0.1, 0.15) is 5.76 Å². The first-order chi connectivity index (χ1) is 4.95. The second kappa shape index (κ2) is 4.05. The van der Waals surface area contributed by atoms with Gasteiger partial charge in [-0.25, -0.2) is 0 Å². The van der Waals surface area contributed by atoms with Crippen molar-refractivity contribution in [3.8, 4) is 0 Å². The van der Waals surface area contributed by atoms with E-state index in [0.29, 0.717) is 0 Å². The summed E-state index contributed by atoms with van der Waals surface area (Å²) < 4.78 is 39.0. The summed E-state index contributed by atoms with van der Waals surface area (Å²) in [4.78, 5) is 0. The van der Waals surface area contributed by atoms with Crippen LogP contribution < -0.4 is 0 Å². The van der Waals surface area contributed by atoms with Gasteiger partial charge >= 0.3 is 6.18 Å². The molecule has 0 rings (SSSR count). The minimum atomic E-state index is -4.17. The molecule has 0 aliphatic rings. The maximum absolute atomic E-state index is 11.5. The molecule has 0 aromatic rings. The first-order valence-corrected chi connectivity index (χ1v) is 2.96. The van der Waals surface area contributed by atoms with Gasteiger partial charge in [0.2, 0.25) is 0 Å². The maximum Gasteiger partial charge on any atom is 0.392 e. The fraction of sp³-hybridized carbons (Fsp3) is 0.429. The van der Waals surface area contributed by atoms with Crippen LogP contribution in [0.15, 0.2) is 25.0 Å². The van der Waals surface area contributed by atoms with Crippen molar-refractivity contribution in [2.24, 2.45) is 0 Å². The zero-order chi connectivity index (χ0) is 8.91. The molecule has 0 unspecified atom stereocenters. The predicted molar refractivity (Wildman–Crippen MR) is 36.0 cm³/mol. The van der Waals surface area contributed by atoms with Crippen LogP contribution in [0, 0.1) is 0 Å². The van der Waals surface area contributed by atoms with Crippen LogP contribution >= 0.6 is 0 Å². The summed E-state index contributed by atoms with van der Waals surface area (Å²) in [5.74, 6) is 0.161. The van der Waals surface area contributed by atoms with Crippen molar-refractivity contribution in [1.82, 2.24) is 0 Å². The SMILES string of the molecule is C=CC(=C)OCCC(F)(F)F. The lowest BCUT2D eigenvalue weighted by molar-refractivity contribution is -0.142. The van der Waals surface area contributed by atoms with Gasteiger partial charge < -0.3 is 4.74 Å². The molecule has 0 saturated heterocycles. The minimum absolute atomic E-state index is 0.161. The van der Waals surface area contributed by atoms with Gasteiger partial charge in [-0.2, -0.15) is 13.2 Å². The molecular formula is C7H9F3O. The number of ether oxygens (including phenoxy) is 1. The van der Waals surface area contributed by atoms with E-state index in [4.69, 9.17) is 0 Å². The van der Waals surface area contributed by atoms with Gasteiger partial charge in [0.25, 0.3) is 0 Å². The second-order valence-corrected chi connectivity index (χ2v) is 1.88. The molecule has 64 valence electrons. The number of halogens is 3. The zero-order valence-corrected chi connectivity index (χ0v) is 5.95. The zero-order valence-electron chi connectivity index (χ0n) is 5.95. The highest BCUT2D eigenvalue weighted by Crippen LogP contribution is 2.19. The van der Waals surface area contributed by atoms with Gasteiger partial charge in [-0.1, -0.05) is 13.2 Å². The molecular weight excluding hydrogens is 157 g/mol. The largest absolute Gasteiger partial charge is 0.494 e. The Bertz CT molecular complexity index is 148. The predicted octanol–water partition coefficient (Wildman–Crippen LogP) is 2.66. The third-order valence-electron chi connectivity index (χ3n) is 0.901. The van der Waals surface area contributed by atoms with Crippen LogP contribution in [0.25, 0.3) is 0 Å². The minimum Gasteiger partial charge on any atom is -0.494 e. The van der Waals surface area contributed by atoms with Crippen LogP contribution in [0.4, 0.5) is 13.2 Å². The molecule has 0 bridgehead atoms. The molecule has 0 aliphatic carbocycles. The average Bonchev–Trinajstić information content (AvgIpc) is 1.85. The second-order valence-electron chi connectivity index (χ2n) is 1.88. The van der Waals surface area contributed by atoms with Gasteiger partial charge in [0.05, 0.1) is 13.0 Å². The number of hydrogen-bond acceptors (Lipinski definition) is 1. The first kappa shape index (κ1) is 10.1. The van der Waals surface area contributed by atoms with Crippen LogP contribution in [-0.4, -0.2) is 12.8 Å². The third-order valence-corrected chi connectivity index (χ3v) is 0.901. The summed E-state index contributed by atoms with van der Waals surface area (Å²) in [5.41, 5.74) is 0. The summed E-state index contributed by atoms with van der Waals surface area (Å²) in [6.07, 6.45) is -3.86. The number of alkyl halides is 3. The standard InChI is InChI=1S/C7H9F3O/c1-3-6(2)11-5-4-7(8,9)10/h3H,1-2,4-5H2. The Hall–Kier alpha value is -0.930. The van der Waals surface area contributed by atoms with Crippen LogP contribution in [0.5, 0.6) is 0 Å². The van der Waals surface area contributed by atoms with Crippen LogP contribution in [-0.2, 0) is 4.74 Å². The summed E-state index contributed by atoms with van der Waals surface area (Å²) >= 11 is 0. The molecule has 0 fully saturated rings. The lowest BCUT2D eigenvalue weighted by Crippen LogP contribution is -2.10. The summed E-state index contributed by atoms with van der Waals surface area (Å²) in [6.45, 7) is 6.16. The fourth-order valence-corrected chi connectivity index (χ4v) is 0.357. The van der Waals surface area contributed by atoms with E-state index in [-0.39, 0.29) is 5.76 Å². The molecule has 0 radical (unpaired) electrons. The maximum atomic E-state index is 11.5. The normalized spacial score (nSPS) is 10.8. The highest BCUT2D eigenvalue weighted by atomic mass is 19.4. The first-order valence-electron chi connectivity index (χ1n) is 2.96. The molecule has 0 atom stereocenters. The van der Waals surface area contributed by atoms with Crippen LogP contribution in [0.2, 0.25) is 0 Å². The van der Waals surface area contributed by atoms with Crippen molar-refractivity contribution >= 4 is 0 Å². The van der Waals surface area contributed by atoms with Crippen molar-refractivity contribution in [2.45, 2.75) is 12.6 Å². The average molecular weight is 166 g/mol. The van der Waals surface area contributed by atoms with Gasteiger partial charge in [0.15, 0.2) is 0 Å². The van der Waals surface area contributed by atoms with Gasteiger partial charge in [-0.05, 0) is 6.08 Å². The van der Waals surface area contributed by atoms with Crippen LogP contribution in [0.3, 0.4) is 0 Å². The smallest absolute Gasteiger partial charge is 0.392 e. The summed E-state index contributed by atoms with van der Waals surface area (Å²) in [7, 11) is 0. The Balaban J connectivity index is 3.42. The van der Waals surface area contributed by atoms with Crippen LogP contribution in [0.1, 0.15) is 6.42 Å². The van der Waals surface area contributed by atoms with Gasteiger partial charge in [-0.3, -0.25) is 0 Å². The monoisotopic (exact) mass is 166 g/mol. The molecule has 0 amide bonds. The Kier molecular flexibility index (Phi) is 3.71. The van der Waals surface area contributed by atoms with Crippen molar-refractivity contribution in [1.29, 1.82) is 0 Å². The molecule has 0 aromatic heterocycles. The van der Waals surface area contributed by atoms with E-state index in [0.717, 1.165) is 0 Å². The van der Waals surface area contributed by atoms with Gasteiger partial charge in [-0.15, -0.1) is 0 Å². The Labute approximate surface area is 63.2 Å². The van der Waals surface area contributed by atoms with E-state index in [1.165, 1.54) is 6.08 Å². The number of hydrogen-bond donors (Lipinski definition) is 0. The summed E-state index contributed by atoms with van der Waals surface area (Å²) in [5, 5.41) is 0. The molecule has 0 heterocycles. The molecule has 11 heavy (non-hydrogen) atoms. The molecule has 1 nitrogen and oxygen atoms in total. The van der Waals surface area contributed by atoms with Crippen molar-refractivity contribution in [2.75, 3.05) is 6.61 Å². The third kappa shape index (κ3) is 6.96. The lowest BCUT2D eigenvalue weighted by Gasteiger charge is -2.07. The Morgan fingerprint density at radius 3 is 2.36 bits per heavy atom. The van der Waals surface area contributed by atoms with E-state index in [2.05, 4.69) is 17.9 Å². The van der Waals surface area contributed by atoms with E-state index in [9.17, 15) is 13.2 Å². The number of rotatable bonds is 4. The summed E-state index contributed by atoms with van der Waals surface area (Å²) in [6, 6.07) is 0. The van der Waals surface area contributed by atoms with E-state index >= 15 is 0 Å². The Morgan fingerprint density at radius 2 is 2.00 bits per heavy atom. The highest BCUT2D eigenvalue weighted by Gasteiger charge is 2.26. The van der Waals surface area contributed by atoms with Crippen molar-refractivity contribution in [3.05, 3.63) is 25.0 Å². The van der Waals surface area contributed by atoms with E-state index in [1.54, 1.807) is 0 Å². The number of allylic oxidation sites excluding steroid dienone is 1. The quantitative estimate of drug-likeness (QED) is 0.460. The molecule has 0 saturated carbocycles. The topological polar surface area (TPSA) is 9.23 Å². The van der Waals surface area contributed by atoms with E-state index in [1.807, 2.05) is 0 Å².